The maximum atomic E-state index is 13.4. The van der Waals surface area contributed by atoms with E-state index in [4.69, 9.17) is 10.5 Å². The van der Waals surface area contributed by atoms with Crippen molar-refractivity contribution in [2.75, 3.05) is 0 Å². The lowest BCUT2D eigenvalue weighted by Gasteiger charge is -2.71. The number of ether oxygens (including phenoxy) is 1. The van der Waals surface area contributed by atoms with Gasteiger partial charge in [-0.3, -0.25) is 4.79 Å². The van der Waals surface area contributed by atoms with Gasteiger partial charge < -0.3 is 10.5 Å². The minimum absolute atomic E-state index is 0.0436. The summed E-state index contributed by atoms with van der Waals surface area (Å²) >= 11 is 0. The zero-order chi connectivity index (χ0) is 11.7. The van der Waals surface area contributed by atoms with Crippen LogP contribution in [0, 0.1) is 5.41 Å². The highest BCUT2D eigenvalue weighted by atomic mass is 19.3. The Balaban J connectivity index is 2.12. The number of rotatable bonds is 1. The quantitative estimate of drug-likeness (QED) is 0.679. The first-order valence-corrected chi connectivity index (χ1v) is 4.94. The van der Waals surface area contributed by atoms with Crippen molar-refractivity contribution in [2.45, 2.75) is 50.7 Å². The van der Waals surface area contributed by atoms with Gasteiger partial charge in [0.25, 0.3) is 5.92 Å². The number of esters is 1. The highest BCUT2D eigenvalue weighted by Gasteiger charge is 2.91. The Morgan fingerprint density at radius 1 is 1.33 bits per heavy atom. The minimum atomic E-state index is -3.09. The monoisotopic (exact) mass is 219 g/mol. The molecule has 0 unspecified atom stereocenters. The molecule has 2 bridgehead atoms. The Morgan fingerprint density at radius 2 is 1.80 bits per heavy atom. The van der Waals surface area contributed by atoms with Crippen molar-refractivity contribution in [2.24, 2.45) is 11.1 Å². The second-order valence-electron chi connectivity index (χ2n) is 5.67. The van der Waals surface area contributed by atoms with E-state index in [0.29, 0.717) is 0 Å². The van der Waals surface area contributed by atoms with Crippen LogP contribution in [0.3, 0.4) is 0 Å². The van der Waals surface area contributed by atoms with Crippen molar-refractivity contribution >= 4 is 5.97 Å². The number of carbonyl (C=O) groups excluding carboxylic acids is 1. The summed E-state index contributed by atoms with van der Waals surface area (Å²) in [5.41, 5.74) is 1.58. The van der Waals surface area contributed by atoms with Crippen LogP contribution in [-0.2, 0) is 9.53 Å². The highest BCUT2D eigenvalue weighted by molar-refractivity contribution is 5.85. The molecule has 3 aliphatic carbocycles. The molecule has 3 aliphatic rings. The molecule has 0 aliphatic heterocycles. The number of alkyl halides is 2. The molecule has 3 nitrogen and oxygen atoms in total. The van der Waals surface area contributed by atoms with E-state index in [0.717, 1.165) is 0 Å². The summed E-state index contributed by atoms with van der Waals surface area (Å²) in [5, 5.41) is 0. The molecule has 0 atom stereocenters. The van der Waals surface area contributed by atoms with Gasteiger partial charge in [-0.05, 0) is 33.6 Å². The van der Waals surface area contributed by atoms with Crippen molar-refractivity contribution in [1.82, 2.24) is 0 Å². The number of nitrogens with two attached hydrogens (primary N) is 1. The largest absolute Gasteiger partial charge is 0.459 e. The van der Waals surface area contributed by atoms with Gasteiger partial charge in [0.1, 0.15) is 11.0 Å². The molecule has 0 aromatic heterocycles. The summed E-state index contributed by atoms with van der Waals surface area (Å²) in [5.74, 6) is -3.91. The third kappa shape index (κ3) is 1.04. The molecule has 0 aromatic rings. The van der Waals surface area contributed by atoms with Gasteiger partial charge in [0, 0.05) is 0 Å². The fraction of sp³-hybridized carbons (Fsp3) is 0.900. The first-order chi connectivity index (χ1) is 6.54. The van der Waals surface area contributed by atoms with Crippen molar-refractivity contribution in [3.8, 4) is 0 Å². The number of carbonyl (C=O) groups is 1. The molecule has 2 N–H and O–H groups in total. The summed E-state index contributed by atoms with van der Waals surface area (Å²) in [6.45, 7) is 4.98. The first kappa shape index (κ1) is 10.8. The lowest BCUT2D eigenvalue weighted by Crippen LogP contribution is -2.90. The smallest absolute Gasteiger partial charge is 0.318 e. The predicted octanol–water partition coefficient (Wildman–Crippen LogP) is 1.45. The lowest BCUT2D eigenvalue weighted by molar-refractivity contribution is -0.352. The van der Waals surface area contributed by atoms with Crippen molar-refractivity contribution in [1.29, 1.82) is 0 Å². The fourth-order valence-electron chi connectivity index (χ4n) is 2.38. The van der Waals surface area contributed by atoms with Gasteiger partial charge in [-0.25, -0.2) is 8.78 Å². The Morgan fingerprint density at radius 3 is 2.07 bits per heavy atom. The molecule has 0 heterocycles. The van der Waals surface area contributed by atoms with Gasteiger partial charge in [0.05, 0.1) is 5.54 Å². The van der Waals surface area contributed by atoms with E-state index in [-0.39, 0.29) is 12.8 Å². The highest BCUT2D eigenvalue weighted by Crippen LogP contribution is 2.75. The SMILES string of the molecule is CC(C)(C)OC(=O)C12CC(N)(C1)C2(F)F. The van der Waals surface area contributed by atoms with Crippen LogP contribution in [0.5, 0.6) is 0 Å². The van der Waals surface area contributed by atoms with E-state index in [2.05, 4.69) is 0 Å². The average molecular weight is 219 g/mol. The second kappa shape index (κ2) is 2.34. The summed E-state index contributed by atoms with van der Waals surface area (Å²) in [6, 6.07) is 0. The number of hydrogen-bond acceptors (Lipinski definition) is 3. The number of hydrogen-bond donors (Lipinski definition) is 1. The van der Waals surface area contributed by atoms with E-state index in [1.54, 1.807) is 20.8 Å². The fourth-order valence-corrected chi connectivity index (χ4v) is 2.38. The van der Waals surface area contributed by atoms with Crippen LogP contribution in [0.15, 0.2) is 0 Å². The molecule has 3 fully saturated rings. The average Bonchev–Trinajstić information content (AvgIpc) is 1.95. The van der Waals surface area contributed by atoms with Crippen LogP contribution in [-0.4, -0.2) is 23.0 Å². The van der Waals surface area contributed by atoms with E-state index >= 15 is 0 Å². The van der Waals surface area contributed by atoms with E-state index in [9.17, 15) is 13.6 Å². The predicted molar refractivity (Wildman–Crippen MR) is 49.4 cm³/mol. The number of halogens is 2. The van der Waals surface area contributed by atoms with Gasteiger partial charge in [-0.15, -0.1) is 0 Å². The van der Waals surface area contributed by atoms with Crippen LogP contribution in [0.25, 0.3) is 0 Å². The molecule has 0 saturated heterocycles. The molecule has 3 saturated carbocycles. The third-order valence-corrected chi connectivity index (χ3v) is 3.25. The standard InChI is InChI=1S/C10H15F2NO2/c1-7(2,3)15-6(14)8-4-9(13,5-8)10(8,11)12/h4-5,13H2,1-3H3. The van der Waals surface area contributed by atoms with Crippen LogP contribution < -0.4 is 5.73 Å². The van der Waals surface area contributed by atoms with Gasteiger partial charge in [-0.1, -0.05) is 0 Å². The van der Waals surface area contributed by atoms with E-state index in [1.165, 1.54) is 0 Å². The van der Waals surface area contributed by atoms with Crippen molar-refractivity contribution in [3.63, 3.8) is 0 Å². The zero-order valence-electron chi connectivity index (χ0n) is 9.06. The van der Waals surface area contributed by atoms with E-state index < -0.39 is 28.4 Å². The molecule has 0 aromatic carbocycles. The molecule has 86 valence electrons. The van der Waals surface area contributed by atoms with Crippen molar-refractivity contribution < 1.29 is 18.3 Å². The van der Waals surface area contributed by atoms with Crippen LogP contribution in [0.2, 0.25) is 0 Å². The first-order valence-electron chi connectivity index (χ1n) is 4.94. The maximum Gasteiger partial charge on any atom is 0.318 e. The topological polar surface area (TPSA) is 52.3 Å². The Labute approximate surface area is 87.0 Å². The minimum Gasteiger partial charge on any atom is -0.459 e. The second-order valence-corrected chi connectivity index (χ2v) is 5.67. The molecule has 0 spiro atoms. The zero-order valence-corrected chi connectivity index (χ0v) is 9.06. The van der Waals surface area contributed by atoms with Crippen LogP contribution in [0.4, 0.5) is 8.78 Å². The Hall–Kier alpha value is -0.710. The van der Waals surface area contributed by atoms with Crippen molar-refractivity contribution in [3.05, 3.63) is 0 Å². The van der Waals surface area contributed by atoms with Gasteiger partial charge in [0.2, 0.25) is 0 Å². The molecule has 5 heteroatoms. The van der Waals surface area contributed by atoms with Crippen LogP contribution in [0.1, 0.15) is 33.6 Å². The maximum absolute atomic E-state index is 13.4. The Bertz CT molecular complexity index is 327. The normalized spacial score (nSPS) is 41.5. The third-order valence-electron chi connectivity index (χ3n) is 3.25. The molecule has 0 radical (unpaired) electrons. The van der Waals surface area contributed by atoms with Crippen LogP contribution >= 0.6 is 0 Å². The van der Waals surface area contributed by atoms with Gasteiger partial charge in [-0.2, -0.15) is 0 Å². The lowest BCUT2D eigenvalue weighted by atomic mass is 9.36. The Kier molecular flexibility index (Phi) is 1.68. The molecular formula is C10H15F2NO2. The van der Waals surface area contributed by atoms with Gasteiger partial charge in [0.15, 0.2) is 0 Å². The summed E-state index contributed by atoms with van der Waals surface area (Å²) < 4.78 is 31.8. The van der Waals surface area contributed by atoms with E-state index in [1.807, 2.05) is 0 Å². The molecule has 3 rings (SSSR count). The summed E-state index contributed by atoms with van der Waals surface area (Å²) in [4.78, 5) is 11.6. The molecule has 0 amide bonds. The molecular weight excluding hydrogens is 204 g/mol. The summed E-state index contributed by atoms with van der Waals surface area (Å²) in [6.07, 6.45) is 0.0871. The van der Waals surface area contributed by atoms with Gasteiger partial charge >= 0.3 is 5.97 Å². The molecule has 15 heavy (non-hydrogen) atoms. The summed E-state index contributed by atoms with van der Waals surface area (Å²) in [7, 11) is 0.